The lowest BCUT2D eigenvalue weighted by molar-refractivity contribution is -0.129. The maximum absolute atomic E-state index is 12.5. The summed E-state index contributed by atoms with van der Waals surface area (Å²) in [6, 6.07) is 3.89. The Kier molecular flexibility index (Phi) is 3.74. The highest BCUT2D eigenvalue weighted by molar-refractivity contribution is 5.92. The van der Waals surface area contributed by atoms with Crippen molar-refractivity contribution in [3.8, 4) is 0 Å². The fourth-order valence-corrected chi connectivity index (χ4v) is 3.87. The van der Waals surface area contributed by atoms with E-state index in [4.69, 9.17) is 0 Å². The standard InChI is InChI=1S/C17H20N4O4/c1-19-4-2-3-13(19)5-15(22)20-6-11-8-21(9-12(11)7-20)16(23)14-10-25-17(24)18-14/h2-4,10-12H,5-9H2,1H3,(H,18,24)/t11-,12+. The largest absolute Gasteiger partial charge is 0.416 e. The molecule has 8 heteroatoms. The molecule has 4 heterocycles. The Morgan fingerprint density at radius 3 is 2.44 bits per heavy atom. The van der Waals surface area contributed by atoms with Crippen LogP contribution in [0.15, 0.2) is 33.8 Å². The highest BCUT2D eigenvalue weighted by Crippen LogP contribution is 2.32. The predicted molar refractivity (Wildman–Crippen MR) is 87.9 cm³/mol. The van der Waals surface area contributed by atoms with Crippen LogP contribution in [0.3, 0.4) is 0 Å². The molecule has 2 aromatic heterocycles. The molecular formula is C17H20N4O4. The van der Waals surface area contributed by atoms with Gasteiger partial charge in [0.2, 0.25) is 5.91 Å². The van der Waals surface area contributed by atoms with Gasteiger partial charge >= 0.3 is 5.76 Å². The molecule has 8 nitrogen and oxygen atoms in total. The normalized spacial score (nSPS) is 22.4. The first-order chi connectivity index (χ1) is 12.0. The average Bonchev–Trinajstić information content (AvgIpc) is 3.31. The third kappa shape index (κ3) is 2.88. The first-order valence-electron chi connectivity index (χ1n) is 8.36. The van der Waals surface area contributed by atoms with Gasteiger partial charge in [0, 0.05) is 57.0 Å². The Labute approximate surface area is 144 Å². The lowest BCUT2D eigenvalue weighted by Gasteiger charge is -2.21. The van der Waals surface area contributed by atoms with Crippen LogP contribution >= 0.6 is 0 Å². The van der Waals surface area contributed by atoms with Crippen molar-refractivity contribution in [1.29, 1.82) is 0 Å². The Balaban J connectivity index is 1.36. The molecule has 2 saturated heterocycles. The minimum absolute atomic E-state index is 0.133. The zero-order valence-corrected chi connectivity index (χ0v) is 14.0. The minimum Gasteiger partial charge on any atom is -0.416 e. The molecule has 0 saturated carbocycles. The summed E-state index contributed by atoms with van der Waals surface area (Å²) in [4.78, 5) is 42.0. The number of rotatable bonds is 3. The summed E-state index contributed by atoms with van der Waals surface area (Å²) in [5, 5.41) is 0. The molecule has 2 aliphatic heterocycles. The number of aromatic amines is 1. The van der Waals surface area contributed by atoms with E-state index in [0.717, 1.165) is 12.0 Å². The molecular weight excluding hydrogens is 324 g/mol. The molecule has 0 spiro atoms. The molecule has 0 aromatic carbocycles. The number of amides is 2. The maximum atomic E-state index is 12.5. The first kappa shape index (κ1) is 15.7. The number of hydrogen-bond acceptors (Lipinski definition) is 4. The van der Waals surface area contributed by atoms with Crippen LogP contribution in [0.2, 0.25) is 0 Å². The monoisotopic (exact) mass is 344 g/mol. The topological polar surface area (TPSA) is 91.6 Å². The van der Waals surface area contributed by atoms with Crippen molar-refractivity contribution >= 4 is 11.8 Å². The summed E-state index contributed by atoms with van der Waals surface area (Å²) in [6.45, 7) is 2.56. The first-order valence-corrected chi connectivity index (χ1v) is 8.36. The molecule has 132 valence electrons. The summed E-state index contributed by atoms with van der Waals surface area (Å²) >= 11 is 0. The molecule has 2 atom stereocenters. The number of nitrogens with zero attached hydrogens (tertiary/aromatic N) is 3. The third-order valence-corrected chi connectivity index (χ3v) is 5.26. The lowest BCUT2D eigenvalue weighted by atomic mass is 10.0. The molecule has 2 aliphatic rings. The van der Waals surface area contributed by atoms with Gasteiger partial charge in [-0.05, 0) is 12.1 Å². The molecule has 0 aliphatic carbocycles. The van der Waals surface area contributed by atoms with E-state index in [1.165, 1.54) is 0 Å². The van der Waals surface area contributed by atoms with Crippen molar-refractivity contribution in [2.45, 2.75) is 6.42 Å². The summed E-state index contributed by atoms with van der Waals surface area (Å²) in [6.07, 6.45) is 3.50. The fourth-order valence-electron chi connectivity index (χ4n) is 3.87. The number of H-pyrrole nitrogens is 1. The Morgan fingerprint density at radius 2 is 1.88 bits per heavy atom. The second kappa shape index (κ2) is 5.94. The van der Waals surface area contributed by atoms with Gasteiger partial charge in [-0.25, -0.2) is 4.79 Å². The second-order valence-electron chi connectivity index (χ2n) is 6.88. The van der Waals surface area contributed by atoms with E-state index < -0.39 is 5.76 Å². The predicted octanol–water partition coefficient (Wildman–Crippen LogP) is 0.0795. The number of carbonyl (C=O) groups excluding carboxylic acids is 2. The number of likely N-dealkylation sites (tertiary alicyclic amines) is 2. The Morgan fingerprint density at radius 1 is 1.20 bits per heavy atom. The highest BCUT2D eigenvalue weighted by atomic mass is 16.4. The van der Waals surface area contributed by atoms with Crippen molar-refractivity contribution < 1.29 is 14.0 Å². The van der Waals surface area contributed by atoms with Crippen molar-refractivity contribution in [2.75, 3.05) is 26.2 Å². The molecule has 0 unspecified atom stereocenters. The van der Waals surface area contributed by atoms with E-state index in [1.54, 1.807) is 4.90 Å². The van der Waals surface area contributed by atoms with Crippen molar-refractivity contribution in [3.63, 3.8) is 0 Å². The van der Waals surface area contributed by atoms with Gasteiger partial charge in [0.1, 0.15) is 12.0 Å². The molecule has 0 bridgehead atoms. The number of hydrogen-bond donors (Lipinski definition) is 1. The van der Waals surface area contributed by atoms with Crippen LogP contribution in [0.1, 0.15) is 16.2 Å². The summed E-state index contributed by atoms with van der Waals surface area (Å²) in [5.74, 6) is -0.129. The Hall–Kier alpha value is -2.77. The van der Waals surface area contributed by atoms with E-state index in [1.807, 2.05) is 34.8 Å². The van der Waals surface area contributed by atoms with E-state index in [0.29, 0.717) is 44.4 Å². The van der Waals surface area contributed by atoms with Gasteiger partial charge in [0.05, 0.1) is 6.42 Å². The number of fused-ring (bicyclic) bond motifs is 1. The van der Waals surface area contributed by atoms with Gasteiger partial charge in [-0.15, -0.1) is 0 Å². The van der Waals surface area contributed by atoms with E-state index in [9.17, 15) is 14.4 Å². The molecule has 25 heavy (non-hydrogen) atoms. The van der Waals surface area contributed by atoms with E-state index >= 15 is 0 Å². The summed E-state index contributed by atoms with van der Waals surface area (Å²) in [7, 11) is 1.94. The van der Waals surface area contributed by atoms with E-state index in [-0.39, 0.29) is 17.5 Å². The van der Waals surface area contributed by atoms with Crippen LogP contribution in [-0.4, -0.2) is 57.3 Å². The van der Waals surface area contributed by atoms with Crippen LogP contribution in [-0.2, 0) is 18.3 Å². The van der Waals surface area contributed by atoms with Gasteiger partial charge in [0.15, 0.2) is 0 Å². The van der Waals surface area contributed by atoms with Gasteiger partial charge in [-0.3, -0.25) is 14.6 Å². The van der Waals surface area contributed by atoms with E-state index in [2.05, 4.69) is 9.40 Å². The van der Waals surface area contributed by atoms with Gasteiger partial charge in [-0.2, -0.15) is 0 Å². The number of carbonyl (C=O) groups is 2. The van der Waals surface area contributed by atoms with Gasteiger partial charge in [0.25, 0.3) is 5.91 Å². The molecule has 2 aromatic rings. The molecule has 2 fully saturated rings. The zero-order chi connectivity index (χ0) is 17.6. The van der Waals surface area contributed by atoms with Crippen LogP contribution in [0.4, 0.5) is 0 Å². The third-order valence-electron chi connectivity index (χ3n) is 5.26. The number of aryl methyl sites for hydroxylation is 1. The SMILES string of the molecule is Cn1cccc1CC(=O)N1C[C@@H]2CN(C(=O)c3coc(=O)[nH]3)C[C@@H]2C1. The van der Waals surface area contributed by atoms with Gasteiger partial charge in [-0.1, -0.05) is 0 Å². The smallest absolute Gasteiger partial charge is 0.416 e. The van der Waals surface area contributed by atoms with Crippen LogP contribution in [0.5, 0.6) is 0 Å². The van der Waals surface area contributed by atoms with Crippen molar-refractivity contribution in [1.82, 2.24) is 19.4 Å². The zero-order valence-electron chi connectivity index (χ0n) is 14.0. The number of aromatic nitrogens is 2. The molecule has 2 amide bonds. The lowest BCUT2D eigenvalue weighted by Crippen LogP contribution is -2.36. The van der Waals surface area contributed by atoms with Crippen molar-refractivity contribution in [2.24, 2.45) is 18.9 Å². The van der Waals surface area contributed by atoms with Crippen LogP contribution in [0.25, 0.3) is 0 Å². The highest BCUT2D eigenvalue weighted by Gasteiger charge is 2.43. The average molecular weight is 344 g/mol. The quantitative estimate of drug-likeness (QED) is 0.854. The summed E-state index contributed by atoms with van der Waals surface area (Å²) < 4.78 is 6.59. The van der Waals surface area contributed by atoms with Crippen molar-refractivity contribution in [3.05, 3.63) is 46.5 Å². The van der Waals surface area contributed by atoms with Crippen LogP contribution in [0, 0.1) is 11.8 Å². The minimum atomic E-state index is -0.625. The molecule has 4 rings (SSSR count). The fraction of sp³-hybridized carbons (Fsp3) is 0.471. The number of oxazole rings is 1. The van der Waals surface area contributed by atoms with Crippen LogP contribution < -0.4 is 5.76 Å². The second-order valence-corrected chi connectivity index (χ2v) is 6.88. The molecule has 1 N–H and O–H groups in total. The Bertz CT molecular complexity index is 850. The summed E-state index contributed by atoms with van der Waals surface area (Å²) in [5.41, 5.74) is 1.18. The maximum Gasteiger partial charge on any atom is 0.416 e. The number of nitrogens with one attached hydrogen (secondary N) is 1. The van der Waals surface area contributed by atoms with Gasteiger partial charge < -0.3 is 18.8 Å². The molecule has 0 radical (unpaired) electrons.